The van der Waals surface area contributed by atoms with Crippen molar-refractivity contribution in [2.45, 2.75) is 38.7 Å². The third kappa shape index (κ3) is 4.00. The van der Waals surface area contributed by atoms with E-state index in [2.05, 4.69) is 0 Å². The second-order valence-electron chi connectivity index (χ2n) is 5.73. The van der Waals surface area contributed by atoms with Crippen LogP contribution < -0.4 is 0 Å². The Bertz CT molecular complexity index is 493. The molecule has 1 saturated heterocycles. The summed E-state index contributed by atoms with van der Waals surface area (Å²) in [5.41, 5.74) is 0.571. The number of hydrogen-bond acceptors (Lipinski definition) is 2. The monoisotopic (exact) mass is 297 g/mol. The fourth-order valence-corrected chi connectivity index (χ4v) is 2.92. The minimum atomic E-state index is -2.51. The van der Waals surface area contributed by atoms with Crippen LogP contribution in [-0.2, 0) is 11.2 Å². The minimum absolute atomic E-state index is 0.0368. The molecule has 0 radical (unpaired) electrons. The van der Waals surface area contributed by atoms with Crippen LogP contribution in [-0.4, -0.2) is 35.1 Å². The first-order valence-electron chi connectivity index (χ1n) is 7.28. The van der Waals surface area contributed by atoms with Crippen LogP contribution in [0.3, 0.4) is 0 Å². The molecule has 3 nitrogen and oxygen atoms in total. The molecule has 1 aliphatic heterocycles. The van der Waals surface area contributed by atoms with Crippen LogP contribution in [0.2, 0.25) is 0 Å². The van der Waals surface area contributed by atoms with Crippen molar-refractivity contribution in [3.63, 3.8) is 0 Å². The average molecular weight is 297 g/mol. The second-order valence-corrected chi connectivity index (χ2v) is 5.73. The number of halogens is 2. The van der Waals surface area contributed by atoms with Crippen LogP contribution >= 0.6 is 0 Å². The Kier molecular flexibility index (Phi) is 5.28. The Balaban J connectivity index is 2.00. The van der Waals surface area contributed by atoms with Gasteiger partial charge in [-0.3, -0.25) is 4.79 Å². The van der Waals surface area contributed by atoms with E-state index in [1.807, 2.05) is 6.92 Å². The van der Waals surface area contributed by atoms with Crippen molar-refractivity contribution >= 4 is 5.91 Å². The Morgan fingerprint density at radius 2 is 2.24 bits per heavy atom. The Morgan fingerprint density at radius 3 is 2.86 bits per heavy atom. The van der Waals surface area contributed by atoms with E-state index in [1.54, 1.807) is 17.0 Å². The van der Waals surface area contributed by atoms with Crippen LogP contribution in [0.4, 0.5) is 8.78 Å². The van der Waals surface area contributed by atoms with Gasteiger partial charge in [0.05, 0.1) is 6.42 Å². The highest BCUT2D eigenvalue weighted by Gasteiger charge is 2.28. The second kappa shape index (κ2) is 6.98. The van der Waals surface area contributed by atoms with Gasteiger partial charge in [-0.15, -0.1) is 0 Å². The lowest BCUT2D eigenvalue weighted by atomic mass is 9.92. The van der Waals surface area contributed by atoms with Gasteiger partial charge >= 0.3 is 0 Å². The summed E-state index contributed by atoms with van der Waals surface area (Å²) >= 11 is 0. The van der Waals surface area contributed by atoms with Crippen LogP contribution in [0, 0.1) is 5.92 Å². The molecule has 5 heteroatoms. The zero-order valence-corrected chi connectivity index (χ0v) is 12.1. The number of aliphatic hydroxyl groups is 1. The Morgan fingerprint density at radius 1 is 1.48 bits per heavy atom. The summed E-state index contributed by atoms with van der Waals surface area (Å²) in [6, 6.07) is 6.11. The van der Waals surface area contributed by atoms with Gasteiger partial charge in [0.25, 0.3) is 6.43 Å². The van der Waals surface area contributed by atoms with Crippen LogP contribution in [0.25, 0.3) is 0 Å². The predicted octanol–water partition coefficient (Wildman–Crippen LogP) is 2.79. The summed E-state index contributed by atoms with van der Waals surface area (Å²) in [7, 11) is 0. The molecular weight excluding hydrogens is 276 g/mol. The van der Waals surface area contributed by atoms with E-state index in [9.17, 15) is 18.7 Å². The normalized spacial score (nSPS) is 22.6. The topological polar surface area (TPSA) is 40.5 Å². The fourth-order valence-electron chi connectivity index (χ4n) is 2.92. The van der Waals surface area contributed by atoms with Crippen molar-refractivity contribution in [2.75, 3.05) is 13.2 Å². The van der Waals surface area contributed by atoms with Gasteiger partial charge in [0, 0.05) is 24.8 Å². The summed E-state index contributed by atoms with van der Waals surface area (Å²) in [5, 5.41) is 9.18. The van der Waals surface area contributed by atoms with Crippen molar-refractivity contribution in [1.82, 2.24) is 4.90 Å². The minimum Gasteiger partial charge on any atom is -0.396 e. The first-order valence-corrected chi connectivity index (χ1v) is 7.28. The van der Waals surface area contributed by atoms with Gasteiger partial charge in [0.1, 0.15) is 0 Å². The quantitative estimate of drug-likeness (QED) is 0.928. The number of aliphatic hydroxyl groups excluding tert-OH is 1. The summed E-state index contributed by atoms with van der Waals surface area (Å²) in [6.07, 6.45) is -0.781. The number of nitrogens with zero attached hydrogens (tertiary/aromatic N) is 1. The molecule has 1 fully saturated rings. The first kappa shape index (κ1) is 15.9. The number of hydrogen-bond donors (Lipinski definition) is 1. The summed E-state index contributed by atoms with van der Waals surface area (Å²) in [4.78, 5) is 14.1. The molecule has 21 heavy (non-hydrogen) atoms. The van der Waals surface area contributed by atoms with Crippen molar-refractivity contribution in [1.29, 1.82) is 0 Å². The third-order valence-electron chi connectivity index (χ3n) is 4.12. The maximum absolute atomic E-state index is 12.7. The molecule has 0 aromatic heterocycles. The van der Waals surface area contributed by atoms with Gasteiger partial charge in [0.2, 0.25) is 5.91 Å². The molecule has 1 amide bonds. The molecule has 2 atom stereocenters. The van der Waals surface area contributed by atoms with Crippen molar-refractivity contribution in [3.8, 4) is 0 Å². The maximum atomic E-state index is 12.7. The van der Waals surface area contributed by atoms with E-state index in [1.165, 1.54) is 12.1 Å². The zero-order chi connectivity index (χ0) is 15.4. The standard InChI is InChI=1S/C16H21F2NO2/c1-11-7-13(10-20)5-6-19(11)15(21)9-12-3-2-4-14(8-12)16(17)18/h2-4,8,11,13,16,20H,5-7,9-10H2,1H3/t11-,13-/m0/s1. The van der Waals surface area contributed by atoms with E-state index in [0.717, 1.165) is 12.8 Å². The van der Waals surface area contributed by atoms with E-state index in [4.69, 9.17) is 0 Å². The van der Waals surface area contributed by atoms with Gasteiger partial charge in [0.15, 0.2) is 0 Å². The molecule has 116 valence electrons. The molecule has 0 aliphatic carbocycles. The van der Waals surface area contributed by atoms with E-state index in [-0.39, 0.29) is 36.5 Å². The average Bonchev–Trinajstić information content (AvgIpc) is 2.47. The number of rotatable bonds is 4. The van der Waals surface area contributed by atoms with Crippen molar-refractivity contribution < 1.29 is 18.7 Å². The fraction of sp³-hybridized carbons (Fsp3) is 0.562. The van der Waals surface area contributed by atoms with Crippen molar-refractivity contribution in [2.24, 2.45) is 5.92 Å². The molecule has 1 aromatic carbocycles. The molecule has 1 aromatic rings. The van der Waals surface area contributed by atoms with Crippen LogP contribution in [0.5, 0.6) is 0 Å². The lowest BCUT2D eigenvalue weighted by molar-refractivity contribution is -0.134. The molecule has 0 bridgehead atoms. The Hall–Kier alpha value is -1.49. The highest BCUT2D eigenvalue weighted by Crippen LogP contribution is 2.24. The molecule has 1 aliphatic rings. The lowest BCUT2D eigenvalue weighted by Gasteiger charge is -2.37. The molecule has 0 spiro atoms. The molecular formula is C16H21F2NO2. The van der Waals surface area contributed by atoms with Gasteiger partial charge in [-0.2, -0.15) is 0 Å². The van der Waals surface area contributed by atoms with E-state index < -0.39 is 6.43 Å². The van der Waals surface area contributed by atoms with Gasteiger partial charge < -0.3 is 10.0 Å². The summed E-state index contributed by atoms with van der Waals surface area (Å²) < 4.78 is 25.3. The smallest absolute Gasteiger partial charge is 0.263 e. The van der Waals surface area contributed by atoms with Crippen LogP contribution in [0.15, 0.2) is 24.3 Å². The number of alkyl halides is 2. The molecule has 0 saturated carbocycles. The highest BCUT2D eigenvalue weighted by atomic mass is 19.3. The first-order chi connectivity index (χ1) is 10.0. The molecule has 1 heterocycles. The van der Waals surface area contributed by atoms with Gasteiger partial charge in [-0.25, -0.2) is 8.78 Å². The largest absolute Gasteiger partial charge is 0.396 e. The van der Waals surface area contributed by atoms with E-state index in [0.29, 0.717) is 12.1 Å². The molecule has 0 unspecified atom stereocenters. The van der Waals surface area contributed by atoms with Crippen LogP contribution in [0.1, 0.15) is 37.3 Å². The molecule has 1 N–H and O–H groups in total. The van der Waals surface area contributed by atoms with Gasteiger partial charge in [-0.1, -0.05) is 18.2 Å². The van der Waals surface area contributed by atoms with Gasteiger partial charge in [-0.05, 0) is 37.3 Å². The number of carbonyl (C=O) groups is 1. The molecule has 2 rings (SSSR count). The SMILES string of the molecule is C[C@H]1C[C@@H](CO)CCN1C(=O)Cc1cccc(C(F)F)c1. The highest BCUT2D eigenvalue weighted by molar-refractivity contribution is 5.79. The third-order valence-corrected chi connectivity index (χ3v) is 4.12. The number of benzene rings is 1. The number of piperidine rings is 1. The Labute approximate surface area is 123 Å². The predicted molar refractivity (Wildman–Crippen MR) is 76.1 cm³/mol. The maximum Gasteiger partial charge on any atom is 0.263 e. The number of amides is 1. The summed E-state index contributed by atoms with van der Waals surface area (Å²) in [5.74, 6) is 0.219. The van der Waals surface area contributed by atoms with Crippen molar-refractivity contribution in [3.05, 3.63) is 35.4 Å². The van der Waals surface area contributed by atoms with E-state index >= 15 is 0 Å². The zero-order valence-electron chi connectivity index (χ0n) is 12.1. The lowest BCUT2D eigenvalue weighted by Crippen LogP contribution is -2.45. The summed E-state index contributed by atoms with van der Waals surface area (Å²) in [6.45, 7) is 2.75. The number of likely N-dealkylation sites (tertiary alicyclic amines) is 1. The number of carbonyl (C=O) groups excluding carboxylic acids is 1.